The third-order valence-corrected chi connectivity index (χ3v) is 4.25. The first-order valence-corrected chi connectivity index (χ1v) is 7.37. The van der Waals surface area contributed by atoms with E-state index in [9.17, 15) is 4.79 Å². The molecule has 0 spiro atoms. The molecule has 1 aromatic heterocycles. The molecule has 1 fully saturated rings. The molecule has 0 aliphatic carbocycles. The van der Waals surface area contributed by atoms with Crippen LogP contribution in [0.25, 0.3) is 0 Å². The van der Waals surface area contributed by atoms with Crippen LogP contribution in [0.15, 0.2) is 12.1 Å². The normalized spacial score (nSPS) is 18.8. The molecule has 2 heterocycles. The molecule has 1 amide bonds. The summed E-state index contributed by atoms with van der Waals surface area (Å²) in [5.41, 5.74) is 1.53. The molecule has 0 aromatic carbocycles. The van der Waals surface area contributed by atoms with E-state index in [0.717, 1.165) is 31.6 Å². The quantitative estimate of drug-likeness (QED) is 0.872. The maximum Gasteiger partial charge on any atom is 0.251 e. The summed E-state index contributed by atoms with van der Waals surface area (Å²) in [4.78, 5) is 18.6. The van der Waals surface area contributed by atoms with Gasteiger partial charge in [-0.15, -0.1) is 0 Å². The second-order valence-electron chi connectivity index (χ2n) is 6.12. The number of nitrogens with zero attached hydrogens (tertiary/aromatic N) is 2. The lowest BCUT2D eigenvalue weighted by Gasteiger charge is -2.37. The van der Waals surface area contributed by atoms with Crippen LogP contribution in [-0.4, -0.2) is 42.5 Å². The van der Waals surface area contributed by atoms with Crippen molar-refractivity contribution in [2.24, 2.45) is 5.41 Å². The Hall–Kier alpha value is -1.13. The minimum atomic E-state index is -0.0717. The summed E-state index contributed by atoms with van der Waals surface area (Å²) in [6, 6.07) is 3.37. The SMILES string of the molecule is Cc1cc(C(=O)NCC2(C)CCN(C)CC2)cc(Cl)n1. The van der Waals surface area contributed by atoms with Gasteiger partial charge in [0.2, 0.25) is 0 Å². The van der Waals surface area contributed by atoms with Crippen LogP contribution in [0.3, 0.4) is 0 Å². The van der Waals surface area contributed by atoms with Gasteiger partial charge in [0.25, 0.3) is 5.91 Å². The number of rotatable bonds is 3. The monoisotopic (exact) mass is 295 g/mol. The lowest BCUT2D eigenvalue weighted by molar-refractivity contribution is 0.0891. The van der Waals surface area contributed by atoms with Crippen molar-refractivity contribution in [1.29, 1.82) is 0 Å². The standard InChI is InChI=1S/C15H22ClN3O/c1-11-8-12(9-13(16)18-11)14(20)17-10-15(2)4-6-19(3)7-5-15/h8-9H,4-7,10H2,1-3H3,(H,17,20). The number of hydrogen-bond acceptors (Lipinski definition) is 3. The zero-order valence-electron chi connectivity index (χ0n) is 12.4. The van der Waals surface area contributed by atoms with Gasteiger partial charge >= 0.3 is 0 Å². The summed E-state index contributed by atoms with van der Waals surface area (Å²) < 4.78 is 0. The molecular weight excluding hydrogens is 274 g/mol. The Balaban J connectivity index is 1.95. The Kier molecular flexibility index (Phi) is 4.66. The molecule has 4 nitrogen and oxygen atoms in total. The number of likely N-dealkylation sites (tertiary alicyclic amines) is 1. The highest BCUT2D eigenvalue weighted by atomic mass is 35.5. The number of hydrogen-bond donors (Lipinski definition) is 1. The van der Waals surface area contributed by atoms with E-state index >= 15 is 0 Å². The molecular formula is C15H22ClN3O. The molecule has 0 unspecified atom stereocenters. The average Bonchev–Trinajstić information content (AvgIpc) is 2.39. The van der Waals surface area contributed by atoms with E-state index in [1.165, 1.54) is 0 Å². The second-order valence-corrected chi connectivity index (χ2v) is 6.50. The predicted octanol–water partition coefficient (Wildman–Crippen LogP) is 2.51. The van der Waals surface area contributed by atoms with Gasteiger partial charge in [0, 0.05) is 17.8 Å². The van der Waals surface area contributed by atoms with Gasteiger partial charge in [-0.1, -0.05) is 18.5 Å². The number of carbonyl (C=O) groups excluding carboxylic acids is 1. The van der Waals surface area contributed by atoms with Crippen molar-refractivity contribution in [3.05, 3.63) is 28.5 Å². The molecule has 0 bridgehead atoms. The minimum Gasteiger partial charge on any atom is -0.351 e. The number of piperidine rings is 1. The summed E-state index contributed by atoms with van der Waals surface area (Å²) in [5.74, 6) is -0.0717. The van der Waals surface area contributed by atoms with Gasteiger partial charge in [-0.25, -0.2) is 4.98 Å². The van der Waals surface area contributed by atoms with Gasteiger partial charge in [-0.05, 0) is 57.5 Å². The fraction of sp³-hybridized carbons (Fsp3) is 0.600. The molecule has 1 aromatic rings. The van der Waals surface area contributed by atoms with Crippen molar-refractivity contribution in [2.45, 2.75) is 26.7 Å². The van der Waals surface area contributed by atoms with E-state index in [2.05, 4.69) is 29.2 Å². The zero-order valence-corrected chi connectivity index (χ0v) is 13.1. The molecule has 110 valence electrons. The number of halogens is 1. The van der Waals surface area contributed by atoms with Crippen LogP contribution < -0.4 is 5.32 Å². The van der Waals surface area contributed by atoms with Gasteiger partial charge in [0.1, 0.15) is 5.15 Å². The maximum absolute atomic E-state index is 12.2. The molecule has 0 radical (unpaired) electrons. The van der Waals surface area contributed by atoms with Crippen molar-refractivity contribution in [2.75, 3.05) is 26.7 Å². The van der Waals surface area contributed by atoms with Gasteiger partial charge in [-0.2, -0.15) is 0 Å². The van der Waals surface area contributed by atoms with Crippen molar-refractivity contribution < 1.29 is 4.79 Å². The van der Waals surface area contributed by atoms with E-state index in [4.69, 9.17) is 11.6 Å². The van der Waals surface area contributed by atoms with Crippen LogP contribution in [0.4, 0.5) is 0 Å². The van der Waals surface area contributed by atoms with Crippen molar-refractivity contribution >= 4 is 17.5 Å². The number of aryl methyl sites for hydroxylation is 1. The van der Waals surface area contributed by atoms with Crippen LogP contribution in [0.5, 0.6) is 0 Å². The summed E-state index contributed by atoms with van der Waals surface area (Å²) >= 11 is 5.89. The van der Waals surface area contributed by atoms with Gasteiger partial charge in [0.05, 0.1) is 0 Å². The first kappa shape index (κ1) is 15.3. The van der Waals surface area contributed by atoms with Gasteiger partial charge < -0.3 is 10.2 Å². The molecule has 1 saturated heterocycles. The molecule has 1 aliphatic heterocycles. The molecule has 1 N–H and O–H groups in total. The predicted molar refractivity (Wildman–Crippen MR) is 81.2 cm³/mol. The fourth-order valence-electron chi connectivity index (χ4n) is 2.49. The topological polar surface area (TPSA) is 45.2 Å². The third-order valence-electron chi connectivity index (χ3n) is 4.05. The second kappa shape index (κ2) is 6.10. The average molecular weight is 296 g/mol. The number of nitrogens with one attached hydrogen (secondary N) is 1. The maximum atomic E-state index is 12.2. The highest BCUT2D eigenvalue weighted by Crippen LogP contribution is 2.29. The molecule has 0 atom stereocenters. The molecule has 5 heteroatoms. The van der Waals surface area contributed by atoms with E-state index in [1.54, 1.807) is 12.1 Å². The van der Waals surface area contributed by atoms with Crippen molar-refractivity contribution in [3.8, 4) is 0 Å². The summed E-state index contributed by atoms with van der Waals surface area (Å²) in [7, 11) is 2.14. The Bertz CT molecular complexity index is 476. The summed E-state index contributed by atoms with van der Waals surface area (Å²) in [6.07, 6.45) is 2.22. The van der Waals surface area contributed by atoms with E-state index < -0.39 is 0 Å². The van der Waals surface area contributed by atoms with E-state index in [-0.39, 0.29) is 11.3 Å². The Labute approximate surface area is 125 Å². The number of carbonyl (C=O) groups is 1. The third kappa shape index (κ3) is 3.93. The first-order valence-electron chi connectivity index (χ1n) is 6.99. The summed E-state index contributed by atoms with van der Waals surface area (Å²) in [6.45, 7) is 6.96. The highest BCUT2D eigenvalue weighted by molar-refractivity contribution is 6.29. The van der Waals surface area contributed by atoms with E-state index in [1.807, 2.05) is 6.92 Å². The lowest BCUT2D eigenvalue weighted by atomic mass is 9.80. The molecule has 0 saturated carbocycles. The van der Waals surface area contributed by atoms with Crippen LogP contribution >= 0.6 is 11.6 Å². The lowest BCUT2D eigenvalue weighted by Crippen LogP contribution is -2.43. The summed E-state index contributed by atoms with van der Waals surface area (Å²) in [5, 5.41) is 3.40. The fourth-order valence-corrected chi connectivity index (χ4v) is 2.74. The number of aromatic nitrogens is 1. The van der Waals surface area contributed by atoms with Crippen LogP contribution in [0.1, 0.15) is 35.8 Å². The van der Waals surface area contributed by atoms with Crippen LogP contribution in [-0.2, 0) is 0 Å². The zero-order chi connectivity index (χ0) is 14.8. The van der Waals surface area contributed by atoms with E-state index in [0.29, 0.717) is 17.3 Å². The van der Waals surface area contributed by atoms with Crippen LogP contribution in [0.2, 0.25) is 5.15 Å². The largest absolute Gasteiger partial charge is 0.351 e. The van der Waals surface area contributed by atoms with Crippen molar-refractivity contribution in [3.63, 3.8) is 0 Å². The van der Waals surface area contributed by atoms with Gasteiger partial charge in [-0.3, -0.25) is 4.79 Å². The minimum absolute atomic E-state index is 0.0717. The van der Waals surface area contributed by atoms with Crippen LogP contribution in [0, 0.1) is 12.3 Å². The molecule has 2 rings (SSSR count). The van der Waals surface area contributed by atoms with Gasteiger partial charge in [0.15, 0.2) is 0 Å². The smallest absolute Gasteiger partial charge is 0.251 e. The number of amides is 1. The molecule has 20 heavy (non-hydrogen) atoms. The Morgan fingerprint density at radius 2 is 2.10 bits per heavy atom. The Morgan fingerprint density at radius 1 is 1.45 bits per heavy atom. The van der Waals surface area contributed by atoms with Crippen molar-refractivity contribution in [1.82, 2.24) is 15.2 Å². The first-order chi connectivity index (χ1) is 9.38. The highest BCUT2D eigenvalue weighted by Gasteiger charge is 2.29. The Morgan fingerprint density at radius 3 is 2.70 bits per heavy atom. The molecule has 1 aliphatic rings. The number of pyridine rings is 1.